The predicted octanol–water partition coefficient (Wildman–Crippen LogP) is 7.57. The summed E-state index contributed by atoms with van der Waals surface area (Å²) in [6.45, 7) is 4.02. The molecule has 0 aliphatic rings. The van der Waals surface area contributed by atoms with Crippen molar-refractivity contribution in [2.75, 3.05) is 27.4 Å². The van der Waals surface area contributed by atoms with E-state index in [2.05, 4.69) is 15.0 Å². The second-order valence-corrected chi connectivity index (χ2v) is 8.87. The van der Waals surface area contributed by atoms with Gasteiger partial charge in [-0.1, -0.05) is 53.6 Å². The maximum atomic E-state index is 11.9. The first-order valence-electron chi connectivity index (χ1n) is 13.2. The molecule has 214 valence electrons. The average Bonchev–Trinajstić information content (AvgIpc) is 3.47. The second-order valence-electron chi connectivity index (χ2n) is 8.87. The van der Waals surface area contributed by atoms with Crippen LogP contribution in [0.25, 0.3) is 49.0 Å². The fourth-order valence-electron chi connectivity index (χ4n) is 4.47. The monoisotopic (exact) mass is 566 g/mol. The van der Waals surface area contributed by atoms with Crippen molar-refractivity contribution in [2.45, 2.75) is 13.8 Å². The van der Waals surface area contributed by atoms with E-state index in [1.807, 2.05) is 66.7 Å². The summed E-state index contributed by atoms with van der Waals surface area (Å²) in [6, 6.07) is 23.2. The Bertz CT molecular complexity index is 1840. The Kier molecular flexibility index (Phi) is 9.65. The Hall–Kier alpha value is -5.47. The largest absolute Gasteiger partial charge is 0.496 e. The van der Waals surface area contributed by atoms with Gasteiger partial charge in [-0.25, -0.2) is 9.59 Å². The van der Waals surface area contributed by atoms with Crippen LogP contribution in [0.5, 0.6) is 11.5 Å². The fraction of sp³-hybridized carbons (Fsp3) is 0.188. The third kappa shape index (κ3) is 6.46. The molecule has 4 aromatic carbocycles. The number of rotatable bonds is 8. The zero-order chi connectivity index (χ0) is 30.1. The molecule has 0 unspecified atom stereocenters. The van der Waals surface area contributed by atoms with Crippen molar-refractivity contribution < 1.29 is 28.5 Å². The van der Waals surface area contributed by atoms with Gasteiger partial charge in [0.15, 0.2) is 0 Å². The lowest BCUT2D eigenvalue weighted by Gasteiger charge is -2.08. The number of hydrogen-bond donors (Lipinski definition) is 1. The number of aromatic nitrogens is 1. The summed E-state index contributed by atoms with van der Waals surface area (Å²) in [4.78, 5) is 29.5. The van der Waals surface area contributed by atoms with E-state index >= 15 is 0 Å². The first-order valence-corrected chi connectivity index (χ1v) is 13.2. The van der Waals surface area contributed by atoms with E-state index in [0.717, 1.165) is 38.2 Å². The number of hydrogen-bond acceptors (Lipinski definition) is 7. The summed E-state index contributed by atoms with van der Waals surface area (Å²) in [5, 5.41) is 8.40. The van der Waals surface area contributed by atoms with Gasteiger partial charge >= 0.3 is 11.9 Å². The van der Waals surface area contributed by atoms with E-state index in [9.17, 15) is 9.59 Å². The summed E-state index contributed by atoms with van der Waals surface area (Å²) < 4.78 is 20.7. The van der Waals surface area contributed by atoms with E-state index in [0.29, 0.717) is 23.6 Å². The van der Waals surface area contributed by atoms with Crippen molar-refractivity contribution in [2.24, 2.45) is 5.11 Å². The molecule has 0 saturated heterocycles. The van der Waals surface area contributed by atoms with Gasteiger partial charge in [0.05, 0.1) is 33.0 Å². The number of fused-ring (bicyclic) bond motifs is 4. The van der Waals surface area contributed by atoms with Crippen molar-refractivity contribution in [3.8, 4) is 11.5 Å². The molecule has 0 atom stereocenters. The highest BCUT2D eigenvalue weighted by molar-refractivity contribution is 6.11. The van der Waals surface area contributed by atoms with Gasteiger partial charge in [-0.2, -0.15) is 0 Å². The smallest absolute Gasteiger partial charge is 0.354 e. The molecule has 0 aliphatic heterocycles. The zero-order valence-corrected chi connectivity index (χ0v) is 23.7. The second kappa shape index (κ2) is 13.7. The molecule has 10 nitrogen and oxygen atoms in total. The van der Waals surface area contributed by atoms with Gasteiger partial charge in [0.1, 0.15) is 22.9 Å². The topological polar surface area (TPSA) is 136 Å². The molecule has 1 N–H and O–H groups in total. The molecular weight excluding hydrogens is 536 g/mol. The molecule has 5 rings (SSSR count). The minimum absolute atomic E-state index is 0.113. The van der Waals surface area contributed by atoms with Crippen molar-refractivity contribution in [1.82, 2.24) is 4.98 Å². The molecule has 0 spiro atoms. The fourth-order valence-corrected chi connectivity index (χ4v) is 4.47. The van der Waals surface area contributed by atoms with Gasteiger partial charge in [-0.15, -0.1) is 0 Å². The molecule has 1 heterocycles. The molecule has 5 aromatic rings. The maximum Gasteiger partial charge on any atom is 0.354 e. The van der Waals surface area contributed by atoms with Gasteiger partial charge in [0.25, 0.3) is 0 Å². The van der Waals surface area contributed by atoms with Crippen molar-refractivity contribution in [3.05, 3.63) is 100 Å². The molecule has 1 aromatic heterocycles. The lowest BCUT2D eigenvalue weighted by Crippen LogP contribution is -2.05. The molecule has 0 saturated carbocycles. The molecule has 0 fully saturated rings. The summed E-state index contributed by atoms with van der Waals surface area (Å²) in [5.74, 6) is 0.296. The molecule has 0 radical (unpaired) electrons. The van der Waals surface area contributed by atoms with Crippen LogP contribution in [-0.2, 0) is 14.3 Å². The highest BCUT2D eigenvalue weighted by atomic mass is 16.5. The van der Waals surface area contributed by atoms with Crippen LogP contribution in [-0.4, -0.2) is 44.4 Å². The van der Waals surface area contributed by atoms with E-state index in [-0.39, 0.29) is 18.3 Å². The van der Waals surface area contributed by atoms with Gasteiger partial charge in [-0.3, -0.25) is 0 Å². The SMILES string of the molecule is CCOC(=O)/C(=C/c1cc2ccccc2cc1OC)N=[N+]=[N-].CCOC(=O)c1cc2c(OC)cc3ccccc3c2[nH]1. The molecule has 10 heteroatoms. The number of carbonyl (C=O) groups is 2. The van der Waals surface area contributed by atoms with Crippen molar-refractivity contribution >= 4 is 50.5 Å². The van der Waals surface area contributed by atoms with Gasteiger partial charge < -0.3 is 23.9 Å². The summed E-state index contributed by atoms with van der Waals surface area (Å²) in [5.41, 5.74) is 10.5. The number of azide groups is 1. The number of H-pyrrole nitrogens is 1. The Morgan fingerprint density at radius 1 is 0.833 bits per heavy atom. The molecule has 0 bridgehead atoms. The van der Waals surface area contributed by atoms with E-state index in [1.165, 1.54) is 6.08 Å². The number of ether oxygens (including phenoxy) is 4. The zero-order valence-electron chi connectivity index (χ0n) is 23.7. The van der Waals surface area contributed by atoms with E-state index in [4.69, 9.17) is 24.5 Å². The number of nitrogens with zero attached hydrogens (tertiary/aromatic N) is 3. The number of nitrogens with one attached hydrogen (secondary N) is 1. The number of carbonyl (C=O) groups excluding carboxylic acids is 2. The first-order chi connectivity index (χ1) is 20.4. The Morgan fingerprint density at radius 3 is 2.10 bits per heavy atom. The van der Waals surface area contributed by atoms with Crippen LogP contribution in [0.3, 0.4) is 0 Å². The van der Waals surface area contributed by atoms with Crippen LogP contribution >= 0.6 is 0 Å². The van der Waals surface area contributed by atoms with Crippen LogP contribution in [0.1, 0.15) is 29.9 Å². The number of aromatic amines is 1. The Labute approximate surface area is 242 Å². The molecule has 42 heavy (non-hydrogen) atoms. The van der Waals surface area contributed by atoms with Crippen LogP contribution in [0.15, 0.2) is 83.6 Å². The number of esters is 2. The standard InChI is InChI=1S/C16H15N3O3.C16H15NO3/c1-3-22-16(20)14(18-19-17)9-13-8-11-6-4-5-7-12(11)10-15(13)21-2;1-3-20-16(18)13-9-12-14(19-2)8-10-6-4-5-7-11(10)15(12)17-13/h4-10H,3H2,1-2H3;4-9,17H,3H2,1-2H3/b14-9-;. The third-order valence-electron chi connectivity index (χ3n) is 6.34. The quantitative estimate of drug-likeness (QED) is 0.0676. The number of benzene rings is 4. The lowest BCUT2D eigenvalue weighted by atomic mass is 10.0. The van der Waals surface area contributed by atoms with Crippen LogP contribution < -0.4 is 9.47 Å². The Balaban J connectivity index is 0.000000193. The van der Waals surface area contributed by atoms with Crippen molar-refractivity contribution in [1.29, 1.82) is 0 Å². The van der Waals surface area contributed by atoms with Crippen LogP contribution in [0, 0.1) is 0 Å². The summed E-state index contributed by atoms with van der Waals surface area (Å²) in [6.07, 6.45) is 1.46. The lowest BCUT2D eigenvalue weighted by molar-refractivity contribution is -0.138. The maximum absolute atomic E-state index is 11.9. The van der Waals surface area contributed by atoms with Gasteiger partial charge in [0.2, 0.25) is 0 Å². The average molecular weight is 567 g/mol. The van der Waals surface area contributed by atoms with E-state index < -0.39 is 5.97 Å². The van der Waals surface area contributed by atoms with Gasteiger partial charge in [0, 0.05) is 21.2 Å². The first kappa shape index (κ1) is 29.5. The number of methoxy groups -OCH3 is 2. The Morgan fingerprint density at radius 2 is 1.45 bits per heavy atom. The third-order valence-corrected chi connectivity index (χ3v) is 6.34. The van der Waals surface area contributed by atoms with Crippen LogP contribution in [0.2, 0.25) is 0 Å². The summed E-state index contributed by atoms with van der Waals surface area (Å²) >= 11 is 0. The van der Waals surface area contributed by atoms with Crippen molar-refractivity contribution in [3.63, 3.8) is 0 Å². The predicted molar refractivity (Wildman–Crippen MR) is 163 cm³/mol. The highest BCUT2D eigenvalue weighted by Gasteiger charge is 2.15. The van der Waals surface area contributed by atoms with Gasteiger partial charge in [-0.05, 0) is 65.9 Å². The molecule has 0 aliphatic carbocycles. The van der Waals surface area contributed by atoms with Crippen LogP contribution in [0.4, 0.5) is 0 Å². The normalized spacial score (nSPS) is 10.9. The highest BCUT2D eigenvalue weighted by Crippen LogP contribution is 2.34. The minimum atomic E-state index is -0.671. The summed E-state index contributed by atoms with van der Waals surface area (Å²) in [7, 11) is 3.17. The van der Waals surface area contributed by atoms with E-state index in [1.54, 1.807) is 34.1 Å². The molecular formula is C32H30N4O6. The minimum Gasteiger partial charge on any atom is -0.496 e. The molecule has 0 amide bonds.